The van der Waals surface area contributed by atoms with Crippen LogP contribution in [0.4, 0.5) is 0 Å². The van der Waals surface area contributed by atoms with Crippen LogP contribution in [0.25, 0.3) is 0 Å². The molecule has 0 radical (unpaired) electrons. The van der Waals surface area contributed by atoms with Gasteiger partial charge in [0.1, 0.15) is 0 Å². The maximum absolute atomic E-state index is 11.9. The summed E-state index contributed by atoms with van der Waals surface area (Å²) in [6, 6.07) is 6.95. The summed E-state index contributed by atoms with van der Waals surface area (Å²) in [5.74, 6) is -0.232. The highest BCUT2D eigenvalue weighted by Crippen LogP contribution is 2.29. The maximum atomic E-state index is 11.9. The van der Waals surface area contributed by atoms with Gasteiger partial charge in [-0.3, -0.25) is 29.2 Å². The Kier molecular flexibility index (Phi) is 5.14. The second-order valence-electron chi connectivity index (χ2n) is 4.78. The molecule has 0 aromatic heterocycles. The quantitative estimate of drug-likeness (QED) is 0.111. The molecular formula is C12H14N4O7S. The molecule has 130 valence electrons. The molecule has 0 saturated carbocycles. The van der Waals surface area contributed by atoms with Crippen molar-refractivity contribution in [1.82, 2.24) is 15.2 Å². The number of nitrogens with zero attached hydrogens (tertiary/aromatic N) is 1. The molecule has 3 amide bonds. The molecule has 1 aliphatic heterocycles. The Morgan fingerprint density at radius 1 is 1.25 bits per heavy atom. The van der Waals surface area contributed by atoms with Crippen molar-refractivity contribution in [3.05, 3.63) is 35.9 Å². The fourth-order valence-electron chi connectivity index (χ4n) is 2.15. The van der Waals surface area contributed by atoms with E-state index in [1.54, 1.807) is 35.8 Å². The molecule has 11 nitrogen and oxygen atoms in total. The van der Waals surface area contributed by atoms with Crippen LogP contribution in [0.15, 0.2) is 30.3 Å². The topological polar surface area (TPSA) is 168 Å². The van der Waals surface area contributed by atoms with E-state index in [1.165, 1.54) is 0 Å². The van der Waals surface area contributed by atoms with Crippen molar-refractivity contribution < 1.29 is 32.2 Å². The maximum Gasteiger partial charge on any atom is 0.362 e. The van der Waals surface area contributed by atoms with E-state index in [1.807, 2.05) is 5.48 Å². The van der Waals surface area contributed by atoms with Crippen molar-refractivity contribution in [2.75, 3.05) is 0 Å². The first kappa shape index (κ1) is 17.8. The van der Waals surface area contributed by atoms with Crippen molar-refractivity contribution in [1.29, 1.82) is 0 Å². The minimum absolute atomic E-state index is 0.0107. The van der Waals surface area contributed by atoms with Gasteiger partial charge in [0.15, 0.2) is 12.0 Å². The zero-order valence-corrected chi connectivity index (χ0v) is 12.9. The van der Waals surface area contributed by atoms with E-state index in [-0.39, 0.29) is 10.9 Å². The summed E-state index contributed by atoms with van der Waals surface area (Å²) in [4.78, 5) is 40.2. The lowest BCUT2D eigenvalue weighted by molar-refractivity contribution is -0.165. The highest BCUT2D eigenvalue weighted by molar-refractivity contribution is 7.84. The molecule has 5 N–H and O–H groups in total. The Balaban J connectivity index is 2.02. The highest BCUT2D eigenvalue weighted by Gasteiger charge is 2.60. The van der Waals surface area contributed by atoms with Crippen LogP contribution in [0.2, 0.25) is 0 Å². The van der Waals surface area contributed by atoms with E-state index in [9.17, 15) is 22.8 Å². The summed E-state index contributed by atoms with van der Waals surface area (Å²) in [5, 5.41) is 0. The molecule has 2 unspecified atom stereocenters. The van der Waals surface area contributed by atoms with Crippen molar-refractivity contribution in [3.8, 4) is 0 Å². The normalized spacial score (nSPS) is 20.2. The van der Waals surface area contributed by atoms with Crippen LogP contribution >= 0.6 is 0 Å². The van der Waals surface area contributed by atoms with Crippen LogP contribution in [0.1, 0.15) is 5.56 Å². The van der Waals surface area contributed by atoms with Gasteiger partial charge in [0.25, 0.3) is 17.7 Å². The van der Waals surface area contributed by atoms with Crippen molar-refractivity contribution in [2.45, 2.75) is 12.6 Å². The first-order valence-electron chi connectivity index (χ1n) is 6.54. The van der Waals surface area contributed by atoms with E-state index in [2.05, 4.69) is 0 Å². The van der Waals surface area contributed by atoms with Crippen molar-refractivity contribution in [3.63, 3.8) is 0 Å². The van der Waals surface area contributed by atoms with Crippen LogP contribution in [-0.4, -0.2) is 41.0 Å². The van der Waals surface area contributed by atoms with E-state index in [0.717, 1.165) is 5.56 Å². The number of hydroxylamine groups is 1. The lowest BCUT2D eigenvalue weighted by Crippen LogP contribution is -2.71. The number of hydrazine groups is 1. The average molecular weight is 358 g/mol. The molecule has 0 spiro atoms. The zero-order chi connectivity index (χ0) is 17.9. The number of carbonyl (C=O) groups is 3. The van der Waals surface area contributed by atoms with Gasteiger partial charge >= 0.3 is 10.3 Å². The number of benzene rings is 1. The number of hydrogen-bond donors (Lipinski definition) is 4. The average Bonchev–Trinajstić information content (AvgIpc) is 2.51. The third-order valence-corrected chi connectivity index (χ3v) is 4.15. The predicted molar refractivity (Wildman–Crippen MR) is 77.4 cm³/mol. The summed E-state index contributed by atoms with van der Waals surface area (Å²) in [6.45, 7) is -0.0107. The molecule has 0 bridgehead atoms. The Labute approximate surface area is 136 Å². The van der Waals surface area contributed by atoms with Gasteiger partial charge in [-0.05, 0) is 5.56 Å². The molecule has 2 atom stereocenters. The van der Waals surface area contributed by atoms with E-state index >= 15 is 0 Å². The van der Waals surface area contributed by atoms with Crippen molar-refractivity contribution >= 4 is 28.0 Å². The van der Waals surface area contributed by atoms with Gasteiger partial charge in [0.2, 0.25) is 0 Å². The SMILES string of the molecule is NNC(=O)C1C(C(=O)NOCc2ccccc2)C(=O)N1S(=O)(=O)O. The minimum Gasteiger partial charge on any atom is -0.292 e. The Hall–Kier alpha value is -2.54. The fraction of sp³-hybridized carbons (Fsp3) is 0.250. The summed E-state index contributed by atoms with van der Waals surface area (Å²) < 4.78 is 31.0. The Bertz CT molecular complexity index is 752. The van der Waals surface area contributed by atoms with Crippen LogP contribution in [-0.2, 0) is 36.1 Å². The lowest BCUT2D eigenvalue weighted by Gasteiger charge is -2.41. The van der Waals surface area contributed by atoms with Crippen LogP contribution in [0.3, 0.4) is 0 Å². The van der Waals surface area contributed by atoms with Gasteiger partial charge in [0, 0.05) is 0 Å². The van der Waals surface area contributed by atoms with E-state index in [4.69, 9.17) is 15.2 Å². The summed E-state index contributed by atoms with van der Waals surface area (Å²) in [5.41, 5.74) is 4.32. The molecule has 1 heterocycles. The number of β-lactam (4-membered cyclic amide) rings is 1. The molecule has 1 aromatic carbocycles. The number of nitrogens with two attached hydrogens (primary N) is 1. The van der Waals surface area contributed by atoms with Crippen molar-refractivity contribution in [2.24, 2.45) is 11.8 Å². The van der Waals surface area contributed by atoms with Gasteiger partial charge in [-0.1, -0.05) is 30.3 Å². The third-order valence-electron chi connectivity index (χ3n) is 3.25. The first-order valence-corrected chi connectivity index (χ1v) is 7.93. The molecule has 0 aliphatic carbocycles. The molecular weight excluding hydrogens is 344 g/mol. The van der Waals surface area contributed by atoms with E-state index < -0.39 is 40.0 Å². The Morgan fingerprint density at radius 2 is 1.88 bits per heavy atom. The van der Waals surface area contributed by atoms with Gasteiger partial charge < -0.3 is 0 Å². The minimum atomic E-state index is -5.00. The monoisotopic (exact) mass is 358 g/mol. The van der Waals surface area contributed by atoms with Crippen LogP contribution in [0.5, 0.6) is 0 Å². The second kappa shape index (κ2) is 6.92. The lowest BCUT2D eigenvalue weighted by atomic mass is 9.89. The number of rotatable bonds is 6. The van der Waals surface area contributed by atoms with E-state index in [0.29, 0.717) is 0 Å². The number of hydrogen-bond acceptors (Lipinski definition) is 7. The molecule has 24 heavy (non-hydrogen) atoms. The molecule has 1 fully saturated rings. The Morgan fingerprint density at radius 3 is 2.42 bits per heavy atom. The summed E-state index contributed by atoms with van der Waals surface area (Å²) >= 11 is 0. The number of amides is 3. The number of nitrogens with one attached hydrogen (secondary N) is 2. The van der Waals surface area contributed by atoms with Crippen LogP contribution in [0, 0.1) is 5.92 Å². The first-order chi connectivity index (χ1) is 11.3. The third kappa shape index (κ3) is 3.51. The molecule has 2 rings (SSSR count). The summed E-state index contributed by atoms with van der Waals surface area (Å²) in [7, 11) is -5.00. The van der Waals surface area contributed by atoms with Crippen LogP contribution < -0.4 is 16.7 Å². The largest absolute Gasteiger partial charge is 0.362 e. The van der Waals surface area contributed by atoms with Gasteiger partial charge in [-0.15, -0.1) is 0 Å². The molecule has 12 heteroatoms. The highest BCUT2D eigenvalue weighted by atomic mass is 32.2. The van der Waals surface area contributed by atoms with Gasteiger partial charge in [0.05, 0.1) is 6.61 Å². The second-order valence-corrected chi connectivity index (χ2v) is 6.07. The predicted octanol–water partition coefficient (Wildman–Crippen LogP) is -2.15. The standard InChI is InChI=1S/C12H14N4O7S/c13-14-11(18)9-8(12(19)16(9)24(20,21)22)10(17)15-23-6-7-4-2-1-3-5-7/h1-5,8-9H,6,13H2,(H,14,18)(H,15,17)(H,20,21,22). The fourth-order valence-corrected chi connectivity index (χ4v) is 2.99. The molecule has 1 saturated heterocycles. The molecule has 1 aliphatic rings. The van der Waals surface area contributed by atoms with Gasteiger partial charge in [-0.25, -0.2) is 15.6 Å². The summed E-state index contributed by atoms with van der Waals surface area (Å²) in [6.07, 6.45) is 0. The number of carbonyl (C=O) groups excluding carboxylic acids is 3. The smallest absolute Gasteiger partial charge is 0.292 e. The zero-order valence-electron chi connectivity index (χ0n) is 12.1. The van der Waals surface area contributed by atoms with Gasteiger partial charge in [-0.2, -0.15) is 8.42 Å². The molecule has 1 aromatic rings.